The van der Waals surface area contributed by atoms with Crippen molar-refractivity contribution in [2.24, 2.45) is 23.2 Å². The summed E-state index contributed by atoms with van der Waals surface area (Å²) >= 11 is 0. The van der Waals surface area contributed by atoms with Crippen molar-refractivity contribution < 1.29 is 4.92 Å². The molecular formula is C26H34N6O2. The molecule has 180 valence electrons. The van der Waals surface area contributed by atoms with Crippen LogP contribution >= 0.6 is 0 Å². The molecule has 1 N–H and O–H groups in total. The van der Waals surface area contributed by atoms with E-state index < -0.39 is 0 Å². The molecule has 4 saturated carbocycles. The molecule has 1 aromatic carbocycles. The van der Waals surface area contributed by atoms with Gasteiger partial charge in [-0.05, 0) is 67.3 Å². The average molecular weight is 463 g/mol. The zero-order chi connectivity index (χ0) is 23.1. The molecule has 0 atom stereocenters. The van der Waals surface area contributed by atoms with Gasteiger partial charge in [-0.3, -0.25) is 15.0 Å². The highest BCUT2D eigenvalue weighted by Crippen LogP contribution is 2.60. The van der Waals surface area contributed by atoms with Crippen LogP contribution in [0.5, 0.6) is 0 Å². The van der Waals surface area contributed by atoms with Crippen molar-refractivity contribution in [2.45, 2.75) is 45.1 Å². The number of benzene rings is 1. The number of piperazine rings is 1. The number of nitrogens with zero attached hydrogens (tertiary/aromatic N) is 5. The summed E-state index contributed by atoms with van der Waals surface area (Å²) in [6, 6.07) is 10.4. The van der Waals surface area contributed by atoms with Crippen molar-refractivity contribution in [1.82, 2.24) is 14.9 Å². The topological polar surface area (TPSA) is 87.4 Å². The molecule has 0 radical (unpaired) electrons. The minimum atomic E-state index is -0.298. The Morgan fingerprint density at radius 3 is 2.24 bits per heavy atom. The summed E-state index contributed by atoms with van der Waals surface area (Å²) in [5.41, 5.74) is 1.61. The summed E-state index contributed by atoms with van der Waals surface area (Å²) < 4.78 is 0. The summed E-state index contributed by atoms with van der Waals surface area (Å²) in [7, 11) is 0. The van der Waals surface area contributed by atoms with Gasteiger partial charge in [-0.1, -0.05) is 30.3 Å². The number of anilines is 2. The number of hydrogen-bond donors (Lipinski definition) is 1. The SMILES string of the molecule is O=[N+]([O-])c1c(NCC23CC4CC(CC(C4)C2)C3)ncnc1N1CCN(Cc2ccccc2)CC1. The van der Waals surface area contributed by atoms with Crippen molar-refractivity contribution in [2.75, 3.05) is 42.9 Å². The molecule has 2 heterocycles. The van der Waals surface area contributed by atoms with Crippen molar-refractivity contribution in [3.63, 3.8) is 0 Å². The fraction of sp³-hybridized carbons (Fsp3) is 0.615. The lowest BCUT2D eigenvalue weighted by atomic mass is 9.49. The number of nitrogens with one attached hydrogen (secondary N) is 1. The molecule has 0 unspecified atom stereocenters. The van der Waals surface area contributed by atoms with Crippen LogP contribution in [0.1, 0.15) is 44.1 Å². The highest BCUT2D eigenvalue weighted by molar-refractivity contribution is 5.70. The summed E-state index contributed by atoms with van der Waals surface area (Å²) in [5.74, 6) is 3.41. The van der Waals surface area contributed by atoms with Crippen molar-refractivity contribution >= 4 is 17.3 Å². The standard InChI is InChI=1S/C26H34N6O2/c33-32(34)23-24(27-17-26-13-20-10-21(14-26)12-22(11-20)15-26)28-18-29-25(23)31-8-6-30(7-9-31)16-19-4-2-1-3-5-19/h1-5,18,20-22H,6-17H2,(H,27,28,29). The summed E-state index contributed by atoms with van der Waals surface area (Å²) in [6.07, 6.45) is 9.47. The first-order valence-corrected chi connectivity index (χ1v) is 12.8. The fourth-order valence-electron chi connectivity index (χ4n) is 7.64. The number of nitro groups is 1. The first kappa shape index (κ1) is 21.8. The van der Waals surface area contributed by atoms with E-state index in [1.165, 1.54) is 50.4 Å². The van der Waals surface area contributed by atoms with Crippen LogP contribution in [0.25, 0.3) is 0 Å². The molecular weight excluding hydrogens is 428 g/mol. The maximum absolute atomic E-state index is 12.2. The monoisotopic (exact) mass is 462 g/mol. The number of rotatable bonds is 7. The van der Waals surface area contributed by atoms with Crippen molar-refractivity contribution in [3.05, 3.63) is 52.3 Å². The lowest BCUT2D eigenvalue weighted by Crippen LogP contribution is -2.49. The highest BCUT2D eigenvalue weighted by atomic mass is 16.6. The third-order valence-corrected chi connectivity index (χ3v) is 8.70. The highest BCUT2D eigenvalue weighted by Gasteiger charge is 2.50. The Bertz CT molecular complexity index is 1000. The van der Waals surface area contributed by atoms with Gasteiger partial charge in [0.25, 0.3) is 0 Å². The molecule has 8 heteroatoms. The molecule has 4 aliphatic carbocycles. The van der Waals surface area contributed by atoms with Gasteiger partial charge in [-0.2, -0.15) is 0 Å². The smallest absolute Gasteiger partial charge is 0.353 e. The Kier molecular flexibility index (Phi) is 5.63. The number of hydrogen-bond acceptors (Lipinski definition) is 7. The Morgan fingerprint density at radius 1 is 0.971 bits per heavy atom. The van der Waals surface area contributed by atoms with E-state index in [9.17, 15) is 10.1 Å². The van der Waals surface area contributed by atoms with Gasteiger partial charge in [-0.25, -0.2) is 9.97 Å². The first-order chi connectivity index (χ1) is 16.6. The van der Waals surface area contributed by atoms with Crippen LogP contribution in [-0.4, -0.2) is 52.5 Å². The number of aromatic nitrogens is 2. The molecule has 0 spiro atoms. The molecule has 34 heavy (non-hydrogen) atoms. The van der Waals surface area contributed by atoms with Gasteiger partial charge in [0, 0.05) is 39.3 Å². The van der Waals surface area contributed by atoms with Gasteiger partial charge in [0.1, 0.15) is 6.33 Å². The third kappa shape index (κ3) is 4.24. The molecule has 8 nitrogen and oxygen atoms in total. The zero-order valence-electron chi connectivity index (χ0n) is 19.7. The minimum absolute atomic E-state index is 0.0312. The third-order valence-electron chi connectivity index (χ3n) is 8.70. The maximum Gasteiger partial charge on any atom is 0.353 e. The lowest BCUT2D eigenvalue weighted by Gasteiger charge is -2.56. The molecule has 1 aromatic heterocycles. The molecule has 1 saturated heterocycles. The van der Waals surface area contributed by atoms with Gasteiger partial charge < -0.3 is 10.2 Å². The Balaban J connectivity index is 1.15. The van der Waals surface area contributed by atoms with E-state index in [2.05, 4.69) is 49.4 Å². The second-order valence-corrected chi connectivity index (χ2v) is 11.2. The van der Waals surface area contributed by atoms with Gasteiger partial charge in [0.15, 0.2) is 0 Å². The summed E-state index contributed by atoms with van der Waals surface area (Å²) in [6.45, 7) is 4.84. The van der Waals surface area contributed by atoms with Crippen LogP contribution < -0.4 is 10.2 Å². The van der Waals surface area contributed by atoms with Crippen molar-refractivity contribution in [3.8, 4) is 0 Å². The maximum atomic E-state index is 12.2. The average Bonchev–Trinajstić information content (AvgIpc) is 2.83. The van der Waals surface area contributed by atoms with Crippen LogP contribution in [-0.2, 0) is 6.54 Å². The normalized spacial score (nSPS) is 30.5. The molecule has 4 bridgehead atoms. The second kappa shape index (κ2) is 8.80. The lowest BCUT2D eigenvalue weighted by molar-refractivity contribution is -0.383. The van der Waals surface area contributed by atoms with Crippen LogP contribution in [0.3, 0.4) is 0 Å². The Hall–Kier alpha value is -2.74. The van der Waals surface area contributed by atoms with E-state index in [4.69, 9.17) is 0 Å². The molecule has 7 rings (SSSR count). The van der Waals surface area contributed by atoms with Crippen LogP contribution in [0, 0.1) is 33.3 Å². The molecule has 0 amide bonds. The van der Waals surface area contributed by atoms with E-state index in [1.54, 1.807) is 0 Å². The Morgan fingerprint density at radius 2 is 1.62 bits per heavy atom. The van der Waals surface area contributed by atoms with Gasteiger partial charge >= 0.3 is 5.69 Å². The summed E-state index contributed by atoms with van der Waals surface area (Å²) in [4.78, 5) is 25.0. The Labute approximate surface area is 200 Å². The van der Waals surface area contributed by atoms with Crippen LogP contribution in [0.4, 0.5) is 17.3 Å². The van der Waals surface area contributed by atoms with E-state index in [0.717, 1.165) is 57.0 Å². The molecule has 5 aliphatic rings. The summed E-state index contributed by atoms with van der Waals surface area (Å²) in [5, 5.41) is 15.6. The van der Waals surface area contributed by atoms with E-state index in [1.807, 2.05) is 6.07 Å². The van der Waals surface area contributed by atoms with E-state index in [0.29, 0.717) is 11.6 Å². The van der Waals surface area contributed by atoms with E-state index >= 15 is 0 Å². The van der Waals surface area contributed by atoms with Gasteiger partial charge in [0.2, 0.25) is 11.6 Å². The van der Waals surface area contributed by atoms with Crippen LogP contribution in [0.15, 0.2) is 36.7 Å². The predicted molar refractivity (Wildman–Crippen MR) is 132 cm³/mol. The predicted octanol–water partition coefficient (Wildman–Crippen LogP) is 4.34. The fourth-order valence-corrected chi connectivity index (χ4v) is 7.64. The largest absolute Gasteiger partial charge is 0.364 e. The quantitative estimate of drug-likeness (QED) is 0.484. The van der Waals surface area contributed by atoms with Crippen LogP contribution in [0.2, 0.25) is 0 Å². The van der Waals surface area contributed by atoms with Crippen molar-refractivity contribution in [1.29, 1.82) is 0 Å². The molecule has 5 fully saturated rings. The van der Waals surface area contributed by atoms with Gasteiger partial charge in [-0.15, -0.1) is 0 Å². The second-order valence-electron chi connectivity index (χ2n) is 11.2. The van der Waals surface area contributed by atoms with Gasteiger partial charge in [0.05, 0.1) is 4.92 Å². The van der Waals surface area contributed by atoms with E-state index in [-0.39, 0.29) is 16.0 Å². The zero-order valence-corrected chi connectivity index (χ0v) is 19.7. The molecule has 2 aromatic rings. The molecule has 1 aliphatic heterocycles. The first-order valence-electron chi connectivity index (χ1n) is 12.8. The minimum Gasteiger partial charge on any atom is -0.364 e.